The van der Waals surface area contributed by atoms with E-state index in [4.69, 9.17) is 0 Å². The van der Waals surface area contributed by atoms with Crippen molar-refractivity contribution in [2.75, 3.05) is 0 Å². The fourth-order valence-electron chi connectivity index (χ4n) is 1.49. The Bertz CT molecular complexity index is 607. The van der Waals surface area contributed by atoms with Crippen molar-refractivity contribution in [1.82, 2.24) is 8.54 Å². The van der Waals surface area contributed by atoms with Crippen molar-refractivity contribution >= 4 is 45.5 Å². The number of carbonyl (C=O) groups excluding carboxylic acids is 1. The third-order valence-electron chi connectivity index (χ3n) is 2.20. The van der Waals surface area contributed by atoms with E-state index in [1.54, 1.807) is 6.07 Å². The zero-order valence-electron chi connectivity index (χ0n) is 7.89. The zero-order valence-corrected chi connectivity index (χ0v) is 10.3. The van der Waals surface area contributed by atoms with E-state index >= 15 is 0 Å². The van der Waals surface area contributed by atoms with Gasteiger partial charge in [-0.25, -0.2) is 0 Å². The normalized spacial score (nSPS) is 10.9. The molecule has 0 bridgehead atoms. The van der Waals surface area contributed by atoms with Crippen molar-refractivity contribution in [2.45, 2.75) is 6.54 Å². The maximum atomic E-state index is 12.5. The number of nitrogens with zero attached hydrogens (tertiary/aromatic N) is 2. The van der Waals surface area contributed by atoms with Gasteiger partial charge in [0.15, 0.2) is 12.3 Å². The lowest BCUT2D eigenvalue weighted by Gasteiger charge is -2.01. The summed E-state index contributed by atoms with van der Waals surface area (Å²) in [6.45, 7) is -0.00480. The van der Waals surface area contributed by atoms with Crippen LogP contribution in [0.5, 0.6) is 0 Å². The Morgan fingerprint density at radius 3 is 2.94 bits per heavy atom. The number of pyridine rings is 1. The number of aldehydes is 1. The fourth-order valence-corrected chi connectivity index (χ4v) is 2.58. The molecule has 0 spiro atoms. The first-order chi connectivity index (χ1) is 7.69. The summed E-state index contributed by atoms with van der Waals surface area (Å²) in [5, 5.41) is 0.370. The highest BCUT2D eigenvalue weighted by atomic mass is 79.9. The molecular weight excluding hydrogens is 299 g/mol. The number of hydrogen-bond donors (Lipinski definition) is 0. The largest absolute Gasteiger partial charge is 0.308 e. The Morgan fingerprint density at radius 1 is 1.56 bits per heavy atom. The third-order valence-corrected chi connectivity index (χ3v) is 3.25. The molecule has 0 atom stereocenters. The summed E-state index contributed by atoms with van der Waals surface area (Å²) < 4.78 is 15.6. The monoisotopic (exact) mass is 304 g/mol. The second kappa shape index (κ2) is 4.42. The molecule has 0 N–H and O–H groups in total. The molecule has 2 rings (SSSR count). The van der Waals surface area contributed by atoms with Gasteiger partial charge in [-0.1, -0.05) is 0 Å². The zero-order chi connectivity index (χ0) is 11.7. The van der Waals surface area contributed by atoms with Crippen molar-refractivity contribution in [3.05, 3.63) is 33.3 Å². The molecule has 2 heterocycles. The Labute approximate surface area is 103 Å². The average molecular weight is 305 g/mol. The summed E-state index contributed by atoms with van der Waals surface area (Å²) in [5.74, 6) is 0. The topological polar surface area (TPSA) is 44.0 Å². The average Bonchev–Trinajstić information content (AvgIpc) is 2.60. The Kier molecular flexibility index (Phi) is 3.15. The fraction of sp³-hybridized carbons (Fsp3) is 0.111. The first-order valence-corrected chi connectivity index (χ1v) is 5.78. The van der Waals surface area contributed by atoms with E-state index < -0.39 is 0 Å². The number of halogens is 2. The molecule has 2 aromatic heterocycles. The van der Waals surface area contributed by atoms with Gasteiger partial charge in [0.05, 0.1) is 17.4 Å². The lowest BCUT2D eigenvalue weighted by Crippen LogP contribution is -2.19. The second-order valence-corrected chi connectivity index (χ2v) is 4.46. The van der Waals surface area contributed by atoms with Crippen LogP contribution >= 0.6 is 28.3 Å². The lowest BCUT2D eigenvalue weighted by atomic mass is 10.3. The summed E-state index contributed by atoms with van der Waals surface area (Å²) >= 11 is 3.21. The molecule has 0 aliphatic carbocycles. The SMILES string of the molecule is O=CCn1ccc2c(c(Br)cn2SF)c1=O. The molecule has 0 aliphatic rings. The van der Waals surface area contributed by atoms with Gasteiger partial charge >= 0.3 is 0 Å². The van der Waals surface area contributed by atoms with E-state index in [1.807, 2.05) is 0 Å². The van der Waals surface area contributed by atoms with Crippen LogP contribution in [0, 0.1) is 0 Å². The van der Waals surface area contributed by atoms with Gasteiger partial charge in [0.2, 0.25) is 0 Å². The first kappa shape index (κ1) is 11.4. The Balaban J connectivity index is 2.79. The minimum Gasteiger partial charge on any atom is -0.308 e. The van der Waals surface area contributed by atoms with Crippen LogP contribution in [0.2, 0.25) is 0 Å². The van der Waals surface area contributed by atoms with Gasteiger partial charge in [-0.15, -0.1) is 3.89 Å². The smallest absolute Gasteiger partial charge is 0.261 e. The predicted octanol–water partition coefficient (Wildman–Crippen LogP) is 2.15. The molecule has 16 heavy (non-hydrogen) atoms. The Morgan fingerprint density at radius 2 is 2.31 bits per heavy atom. The van der Waals surface area contributed by atoms with Crippen LogP contribution in [0.4, 0.5) is 3.89 Å². The van der Waals surface area contributed by atoms with Gasteiger partial charge in [0.1, 0.15) is 6.29 Å². The number of aromatic nitrogens is 2. The molecule has 4 nitrogen and oxygen atoms in total. The highest BCUT2D eigenvalue weighted by Gasteiger charge is 2.12. The van der Waals surface area contributed by atoms with E-state index in [9.17, 15) is 13.5 Å². The predicted molar refractivity (Wildman–Crippen MR) is 64.1 cm³/mol. The van der Waals surface area contributed by atoms with Gasteiger partial charge in [-0.05, 0) is 22.0 Å². The molecular formula is C9H6BrFN2O2S. The highest BCUT2D eigenvalue weighted by molar-refractivity contribution is 9.10. The lowest BCUT2D eigenvalue weighted by molar-refractivity contribution is -0.108. The van der Waals surface area contributed by atoms with Crippen LogP contribution in [0.15, 0.2) is 27.7 Å². The van der Waals surface area contributed by atoms with Crippen molar-refractivity contribution < 1.29 is 8.68 Å². The maximum Gasteiger partial charge on any atom is 0.261 e. The van der Waals surface area contributed by atoms with Crippen LogP contribution in [-0.4, -0.2) is 14.8 Å². The molecule has 0 unspecified atom stereocenters. The summed E-state index contributed by atoms with van der Waals surface area (Å²) in [4.78, 5) is 22.3. The van der Waals surface area contributed by atoms with Gasteiger partial charge in [-0.2, -0.15) is 0 Å². The van der Waals surface area contributed by atoms with E-state index in [0.29, 0.717) is 21.7 Å². The second-order valence-electron chi connectivity index (χ2n) is 3.07. The minimum absolute atomic E-state index is 0.00480. The number of carbonyl (C=O) groups is 1. The Hall–Kier alpha value is -1.08. The maximum absolute atomic E-state index is 12.5. The molecule has 0 radical (unpaired) electrons. The van der Waals surface area contributed by atoms with Crippen molar-refractivity contribution in [3.63, 3.8) is 0 Å². The molecule has 0 aromatic carbocycles. The van der Waals surface area contributed by atoms with Crippen LogP contribution < -0.4 is 5.56 Å². The minimum atomic E-state index is -0.315. The van der Waals surface area contributed by atoms with Gasteiger partial charge in [-0.3, -0.25) is 8.77 Å². The number of rotatable bonds is 3. The van der Waals surface area contributed by atoms with Crippen LogP contribution in [0.1, 0.15) is 0 Å². The van der Waals surface area contributed by atoms with Crippen LogP contribution in [0.25, 0.3) is 10.9 Å². The van der Waals surface area contributed by atoms with E-state index in [2.05, 4.69) is 15.9 Å². The standard InChI is InChI=1S/C9H6BrFN2O2S/c10-6-5-13(16-11)7-1-2-12(3-4-14)9(15)8(6)7/h1-2,4-5H,3H2. The van der Waals surface area contributed by atoms with Gasteiger partial charge in [0, 0.05) is 16.9 Å². The van der Waals surface area contributed by atoms with Crippen LogP contribution in [0.3, 0.4) is 0 Å². The third kappa shape index (κ3) is 1.69. The molecule has 0 saturated heterocycles. The van der Waals surface area contributed by atoms with Crippen LogP contribution in [-0.2, 0) is 11.3 Å². The number of hydrogen-bond acceptors (Lipinski definition) is 3. The molecule has 0 saturated carbocycles. The summed E-state index contributed by atoms with van der Waals surface area (Å²) in [6.07, 6.45) is 3.59. The molecule has 2 aromatic rings. The summed E-state index contributed by atoms with van der Waals surface area (Å²) in [6, 6.07) is 1.59. The first-order valence-electron chi connectivity index (χ1n) is 4.31. The van der Waals surface area contributed by atoms with E-state index in [1.165, 1.54) is 20.9 Å². The van der Waals surface area contributed by atoms with Crippen molar-refractivity contribution in [1.29, 1.82) is 0 Å². The van der Waals surface area contributed by atoms with Gasteiger partial charge in [0.25, 0.3) is 5.56 Å². The molecule has 0 amide bonds. The molecule has 7 heteroatoms. The van der Waals surface area contributed by atoms with Gasteiger partial charge < -0.3 is 9.36 Å². The number of fused-ring (bicyclic) bond motifs is 1. The van der Waals surface area contributed by atoms with E-state index in [0.717, 1.165) is 0 Å². The molecule has 84 valence electrons. The quantitative estimate of drug-likeness (QED) is 0.816. The van der Waals surface area contributed by atoms with E-state index in [-0.39, 0.29) is 24.4 Å². The highest BCUT2D eigenvalue weighted by Crippen LogP contribution is 2.26. The summed E-state index contributed by atoms with van der Waals surface area (Å²) in [5.41, 5.74) is 0.163. The van der Waals surface area contributed by atoms with Crippen molar-refractivity contribution in [3.8, 4) is 0 Å². The molecule has 0 fully saturated rings. The summed E-state index contributed by atoms with van der Waals surface area (Å²) in [7, 11) is 0. The molecule has 0 aliphatic heterocycles. The van der Waals surface area contributed by atoms with Crippen molar-refractivity contribution in [2.24, 2.45) is 0 Å².